The van der Waals surface area contributed by atoms with Gasteiger partial charge in [0.25, 0.3) is 0 Å². The first kappa shape index (κ1) is 15.5. The molecule has 1 heterocycles. The first-order valence-corrected chi connectivity index (χ1v) is 7.74. The van der Waals surface area contributed by atoms with E-state index < -0.39 is 0 Å². The van der Waals surface area contributed by atoms with Crippen LogP contribution in [0, 0.1) is 17.8 Å². The monoisotopic (exact) mass is 253 g/mol. The number of carbonyl (C=O) groups is 1. The molecule has 0 bridgehead atoms. The van der Waals surface area contributed by atoms with Crippen LogP contribution in [-0.4, -0.2) is 22.9 Å². The molecule has 3 unspecified atom stereocenters. The van der Waals surface area contributed by atoms with Crippen molar-refractivity contribution in [3.63, 3.8) is 0 Å². The molecule has 0 aromatic rings. The summed E-state index contributed by atoms with van der Waals surface area (Å²) in [4.78, 5) is 15.0. The van der Waals surface area contributed by atoms with Gasteiger partial charge < -0.3 is 4.90 Å². The molecule has 2 heteroatoms. The molecule has 1 rings (SSSR count). The Labute approximate surface area is 113 Å². The van der Waals surface area contributed by atoms with Gasteiger partial charge in [-0.3, -0.25) is 4.79 Å². The van der Waals surface area contributed by atoms with E-state index in [9.17, 15) is 4.79 Å². The summed E-state index contributed by atoms with van der Waals surface area (Å²) in [6, 6.07) is 0.896. The van der Waals surface area contributed by atoms with E-state index in [1.807, 2.05) is 0 Å². The van der Waals surface area contributed by atoms with Gasteiger partial charge in [0.05, 0.1) is 0 Å². The first-order chi connectivity index (χ1) is 8.42. The zero-order valence-electron chi connectivity index (χ0n) is 13.1. The molecule has 0 N–H and O–H groups in total. The molecule has 1 aliphatic heterocycles. The van der Waals surface area contributed by atoms with E-state index in [1.165, 1.54) is 6.42 Å². The number of amides is 1. The number of carbonyl (C=O) groups excluding carboxylic acids is 1. The molecule has 2 nitrogen and oxygen atoms in total. The summed E-state index contributed by atoms with van der Waals surface area (Å²) in [7, 11) is 0. The van der Waals surface area contributed by atoms with Crippen molar-refractivity contribution in [1.29, 1.82) is 0 Å². The van der Waals surface area contributed by atoms with Crippen molar-refractivity contribution >= 4 is 5.91 Å². The van der Waals surface area contributed by atoms with Gasteiger partial charge in [0.2, 0.25) is 5.91 Å². The second kappa shape index (κ2) is 6.58. The number of nitrogens with zero attached hydrogens (tertiary/aromatic N) is 1. The van der Waals surface area contributed by atoms with Crippen molar-refractivity contribution in [3.8, 4) is 0 Å². The lowest BCUT2D eigenvalue weighted by Gasteiger charge is -2.32. The van der Waals surface area contributed by atoms with Gasteiger partial charge in [-0.2, -0.15) is 0 Å². The van der Waals surface area contributed by atoms with Crippen molar-refractivity contribution in [3.05, 3.63) is 0 Å². The average molecular weight is 253 g/mol. The molecule has 1 saturated heterocycles. The Morgan fingerprint density at radius 2 is 1.89 bits per heavy atom. The summed E-state index contributed by atoms with van der Waals surface area (Å²) < 4.78 is 0. The molecular formula is C16H31NO. The summed E-state index contributed by atoms with van der Waals surface area (Å²) in [6.45, 7) is 13.3. The third-order valence-corrected chi connectivity index (χ3v) is 4.62. The molecule has 4 atom stereocenters. The quantitative estimate of drug-likeness (QED) is 0.722. The maximum Gasteiger partial charge on any atom is 0.226 e. The van der Waals surface area contributed by atoms with Crippen LogP contribution in [0.1, 0.15) is 67.2 Å². The van der Waals surface area contributed by atoms with Crippen LogP contribution >= 0.6 is 0 Å². The standard InChI is InChI=1S/C16H31NO/c1-7-14(9-11(3)4)16(18)17-13(6)12(5)10-15(17)8-2/h11-15H,7-10H2,1-6H3/t12?,13?,14?,15-/m1/s1. The van der Waals surface area contributed by atoms with Crippen molar-refractivity contribution in [2.75, 3.05) is 0 Å². The van der Waals surface area contributed by atoms with Gasteiger partial charge >= 0.3 is 0 Å². The normalized spacial score (nSPS) is 29.9. The van der Waals surface area contributed by atoms with Crippen LogP contribution in [0.2, 0.25) is 0 Å². The predicted molar refractivity (Wildman–Crippen MR) is 77.4 cm³/mol. The highest BCUT2D eigenvalue weighted by Crippen LogP contribution is 2.33. The molecule has 106 valence electrons. The zero-order chi connectivity index (χ0) is 13.9. The van der Waals surface area contributed by atoms with E-state index in [0.29, 0.717) is 29.8 Å². The van der Waals surface area contributed by atoms with Crippen LogP contribution in [0.4, 0.5) is 0 Å². The highest BCUT2D eigenvalue weighted by Gasteiger charge is 2.39. The third kappa shape index (κ3) is 3.27. The summed E-state index contributed by atoms with van der Waals surface area (Å²) >= 11 is 0. The van der Waals surface area contributed by atoms with Crippen LogP contribution < -0.4 is 0 Å². The van der Waals surface area contributed by atoms with Gasteiger partial charge in [-0.25, -0.2) is 0 Å². The summed E-state index contributed by atoms with van der Waals surface area (Å²) in [5.41, 5.74) is 0. The van der Waals surface area contributed by atoms with E-state index in [1.54, 1.807) is 0 Å². The first-order valence-electron chi connectivity index (χ1n) is 7.74. The Balaban J connectivity index is 2.79. The summed E-state index contributed by atoms with van der Waals surface area (Å²) in [6.07, 6.45) is 4.29. The SMILES string of the molecule is CCC(CC(C)C)C(=O)N1C(C)C(C)C[C@H]1CC. The minimum Gasteiger partial charge on any atom is -0.337 e. The molecule has 0 aromatic heterocycles. The third-order valence-electron chi connectivity index (χ3n) is 4.62. The van der Waals surface area contributed by atoms with Crippen LogP contribution in [0.5, 0.6) is 0 Å². The molecule has 0 saturated carbocycles. The molecule has 0 aromatic carbocycles. The lowest BCUT2D eigenvalue weighted by Crippen LogP contribution is -2.44. The van der Waals surface area contributed by atoms with E-state index in [4.69, 9.17) is 0 Å². The maximum atomic E-state index is 12.8. The van der Waals surface area contributed by atoms with E-state index in [-0.39, 0.29) is 5.92 Å². The van der Waals surface area contributed by atoms with Crippen molar-refractivity contribution in [2.24, 2.45) is 17.8 Å². The Kier molecular flexibility index (Phi) is 5.68. The topological polar surface area (TPSA) is 20.3 Å². The Morgan fingerprint density at radius 3 is 2.33 bits per heavy atom. The highest BCUT2D eigenvalue weighted by atomic mass is 16.2. The second-order valence-electron chi connectivity index (χ2n) is 6.50. The average Bonchev–Trinajstić information content (AvgIpc) is 2.61. The molecule has 1 aliphatic rings. The Morgan fingerprint density at radius 1 is 1.28 bits per heavy atom. The van der Waals surface area contributed by atoms with Crippen molar-refractivity contribution < 1.29 is 4.79 Å². The predicted octanol–water partition coefficient (Wildman–Crippen LogP) is 4.09. The van der Waals surface area contributed by atoms with E-state index >= 15 is 0 Å². The fraction of sp³-hybridized carbons (Fsp3) is 0.938. The molecule has 0 aliphatic carbocycles. The molecule has 18 heavy (non-hydrogen) atoms. The van der Waals surface area contributed by atoms with E-state index in [2.05, 4.69) is 46.4 Å². The maximum absolute atomic E-state index is 12.8. The molecule has 0 radical (unpaired) electrons. The van der Waals surface area contributed by atoms with Crippen molar-refractivity contribution in [2.45, 2.75) is 79.3 Å². The Bertz CT molecular complexity index is 274. The largest absolute Gasteiger partial charge is 0.337 e. The minimum atomic E-state index is 0.229. The molecule has 1 amide bonds. The van der Waals surface area contributed by atoms with Crippen LogP contribution in [0.15, 0.2) is 0 Å². The Hall–Kier alpha value is -0.530. The molecular weight excluding hydrogens is 222 g/mol. The fourth-order valence-corrected chi connectivity index (χ4v) is 3.31. The summed E-state index contributed by atoms with van der Waals surface area (Å²) in [5, 5.41) is 0. The smallest absolute Gasteiger partial charge is 0.226 e. The number of rotatable bonds is 5. The fourth-order valence-electron chi connectivity index (χ4n) is 3.31. The van der Waals surface area contributed by atoms with Crippen LogP contribution in [0.25, 0.3) is 0 Å². The lowest BCUT2D eigenvalue weighted by molar-refractivity contribution is -0.139. The van der Waals surface area contributed by atoms with Crippen LogP contribution in [-0.2, 0) is 4.79 Å². The van der Waals surface area contributed by atoms with Gasteiger partial charge in [0, 0.05) is 18.0 Å². The second-order valence-corrected chi connectivity index (χ2v) is 6.50. The van der Waals surface area contributed by atoms with Gasteiger partial charge in [-0.1, -0.05) is 34.6 Å². The number of hydrogen-bond acceptors (Lipinski definition) is 1. The number of hydrogen-bond donors (Lipinski definition) is 0. The van der Waals surface area contributed by atoms with E-state index in [0.717, 1.165) is 19.3 Å². The van der Waals surface area contributed by atoms with Crippen molar-refractivity contribution in [1.82, 2.24) is 4.90 Å². The lowest BCUT2D eigenvalue weighted by atomic mass is 9.93. The zero-order valence-corrected chi connectivity index (χ0v) is 13.1. The molecule has 1 fully saturated rings. The summed E-state index contributed by atoms with van der Waals surface area (Å²) in [5.74, 6) is 1.89. The molecule has 0 spiro atoms. The van der Waals surface area contributed by atoms with Gasteiger partial charge in [-0.05, 0) is 44.4 Å². The van der Waals surface area contributed by atoms with Gasteiger partial charge in [-0.15, -0.1) is 0 Å². The highest BCUT2D eigenvalue weighted by molar-refractivity contribution is 5.79. The minimum absolute atomic E-state index is 0.229. The van der Waals surface area contributed by atoms with Gasteiger partial charge in [0.15, 0.2) is 0 Å². The van der Waals surface area contributed by atoms with Crippen LogP contribution in [0.3, 0.4) is 0 Å². The number of likely N-dealkylation sites (tertiary alicyclic amines) is 1. The van der Waals surface area contributed by atoms with Gasteiger partial charge in [0.1, 0.15) is 0 Å².